The maximum atomic E-state index is 12.9. The number of carbonyl (C=O) groups excluding carboxylic acids is 2. The molecule has 0 bridgehead atoms. The van der Waals surface area contributed by atoms with Crippen molar-refractivity contribution < 1.29 is 18.0 Å². The van der Waals surface area contributed by atoms with Gasteiger partial charge in [0.15, 0.2) is 0 Å². The van der Waals surface area contributed by atoms with Crippen molar-refractivity contribution in [1.29, 1.82) is 0 Å². The third-order valence-electron chi connectivity index (χ3n) is 5.78. The van der Waals surface area contributed by atoms with Gasteiger partial charge in [-0.2, -0.15) is 0 Å². The minimum atomic E-state index is -3.77. The molecule has 0 aliphatic carbocycles. The van der Waals surface area contributed by atoms with Crippen LogP contribution in [0.2, 0.25) is 0 Å². The highest BCUT2D eigenvalue weighted by Crippen LogP contribution is 2.35. The number of rotatable bonds is 7. The standard InChI is InChI=1S/C24H31N3O4S/c1-6-17-10-12-18(13-11-17)21(26(4)5)15-25-22(28)19-8-7-9-20(14-19)27-23(29)24(2,3)16-32(27,30)31/h7-14,21H,6,15-16H2,1-5H3,(H,25,28). The number of amides is 2. The molecule has 1 fully saturated rings. The Bertz CT molecular complexity index is 1110. The van der Waals surface area contributed by atoms with Gasteiger partial charge in [-0.1, -0.05) is 37.3 Å². The normalized spacial score (nSPS) is 18.1. The Labute approximate surface area is 190 Å². The predicted octanol–water partition coefficient (Wildman–Crippen LogP) is 2.98. The first kappa shape index (κ1) is 23.9. The van der Waals surface area contributed by atoms with Crippen LogP contribution in [0, 0.1) is 5.41 Å². The summed E-state index contributed by atoms with van der Waals surface area (Å²) in [6.45, 7) is 5.71. The van der Waals surface area contributed by atoms with Gasteiger partial charge in [0.2, 0.25) is 15.9 Å². The smallest absolute Gasteiger partial charge is 0.251 e. The molecule has 1 aliphatic heterocycles. The molecule has 1 heterocycles. The van der Waals surface area contributed by atoms with E-state index in [-0.39, 0.29) is 23.4 Å². The van der Waals surface area contributed by atoms with Gasteiger partial charge in [0.1, 0.15) is 0 Å². The molecule has 7 nitrogen and oxygen atoms in total. The number of likely N-dealkylation sites (N-methyl/N-ethyl adjacent to an activating group) is 1. The molecule has 3 rings (SSSR count). The number of nitrogens with one attached hydrogen (secondary N) is 1. The van der Waals surface area contributed by atoms with Crippen molar-refractivity contribution >= 4 is 27.5 Å². The van der Waals surface area contributed by atoms with Crippen LogP contribution in [0.5, 0.6) is 0 Å². The van der Waals surface area contributed by atoms with Crippen LogP contribution < -0.4 is 9.62 Å². The molecular formula is C24H31N3O4S. The third-order valence-corrected chi connectivity index (χ3v) is 7.80. The van der Waals surface area contributed by atoms with E-state index < -0.39 is 21.3 Å². The lowest BCUT2D eigenvalue weighted by Gasteiger charge is -2.25. The zero-order valence-electron chi connectivity index (χ0n) is 19.3. The zero-order valence-corrected chi connectivity index (χ0v) is 20.1. The molecule has 0 spiro atoms. The molecule has 1 saturated heterocycles. The second-order valence-electron chi connectivity index (χ2n) is 9.04. The summed E-state index contributed by atoms with van der Waals surface area (Å²) in [6.07, 6.45) is 0.965. The van der Waals surface area contributed by atoms with Crippen LogP contribution in [0.1, 0.15) is 48.3 Å². The van der Waals surface area contributed by atoms with E-state index in [2.05, 4.69) is 36.5 Å². The first-order valence-electron chi connectivity index (χ1n) is 10.7. The van der Waals surface area contributed by atoms with E-state index in [4.69, 9.17) is 0 Å². The molecule has 0 radical (unpaired) electrons. The number of carbonyl (C=O) groups is 2. The van der Waals surface area contributed by atoms with Gasteiger partial charge in [-0.15, -0.1) is 0 Å². The summed E-state index contributed by atoms with van der Waals surface area (Å²) in [7, 11) is 0.137. The highest BCUT2D eigenvalue weighted by Gasteiger charge is 2.49. The van der Waals surface area contributed by atoms with Gasteiger partial charge in [0.25, 0.3) is 5.91 Å². The molecule has 172 valence electrons. The van der Waals surface area contributed by atoms with Crippen LogP contribution in [-0.4, -0.2) is 51.5 Å². The summed E-state index contributed by atoms with van der Waals surface area (Å²) in [5, 5.41) is 2.94. The Hall–Kier alpha value is -2.71. The molecule has 8 heteroatoms. The summed E-state index contributed by atoms with van der Waals surface area (Å²) in [5.41, 5.74) is 1.84. The van der Waals surface area contributed by atoms with E-state index >= 15 is 0 Å². The third kappa shape index (κ3) is 4.86. The van der Waals surface area contributed by atoms with E-state index in [9.17, 15) is 18.0 Å². The molecule has 1 N–H and O–H groups in total. The minimum absolute atomic E-state index is 0.0191. The van der Waals surface area contributed by atoms with Crippen molar-refractivity contribution in [2.45, 2.75) is 33.2 Å². The lowest BCUT2D eigenvalue weighted by atomic mass is 9.95. The fourth-order valence-electron chi connectivity index (χ4n) is 3.90. The Morgan fingerprint density at radius 2 is 1.81 bits per heavy atom. The van der Waals surface area contributed by atoms with Crippen molar-refractivity contribution in [2.75, 3.05) is 30.7 Å². The van der Waals surface area contributed by atoms with Gasteiger partial charge in [0, 0.05) is 12.1 Å². The SMILES string of the molecule is CCc1ccc(C(CNC(=O)c2cccc(N3C(=O)C(C)(C)CS3(=O)=O)c2)N(C)C)cc1. The Morgan fingerprint density at radius 1 is 1.16 bits per heavy atom. The van der Waals surface area contributed by atoms with Gasteiger partial charge in [-0.05, 0) is 63.7 Å². The molecule has 1 atom stereocenters. The lowest BCUT2D eigenvalue weighted by Crippen LogP contribution is -2.35. The van der Waals surface area contributed by atoms with Crippen molar-refractivity contribution in [3.8, 4) is 0 Å². The van der Waals surface area contributed by atoms with E-state index in [1.165, 1.54) is 17.7 Å². The minimum Gasteiger partial charge on any atom is -0.350 e. The van der Waals surface area contributed by atoms with E-state index in [0.29, 0.717) is 12.1 Å². The largest absolute Gasteiger partial charge is 0.350 e. The number of sulfonamides is 1. The Balaban J connectivity index is 1.77. The molecule has 32 heavy (non-hydrogen) atoms. The quantitative estimate of drug-likeness (QED) is 0.691. The number of benzene rings is 2. The molecule has 2 aromatic rings. The first-order chi connectivity index (χ1) is 15.0. The van der Waals surface area contributed by atoms with E-state index in [1.54, 1.807) is 26.0 Å². The monoisotopic (exact) mass is 457 g/mol. The highest BCUT2D eigenvalue weighted by molar-refractivity contribution is 7.94. The number of hydrogen-bond donors (Lipinski definition) is 1. The van der Waals surface area contributed by atoms with Gasteiger partial charge >= 0.3 is 0 Å². The second kappa shape index (κ2) is 9.03. The molecule has 2 aromatic carbocycles. The average Bonchev–Trinajstić information content (AvgIpc) is 2.90. The maximum Gasteiger partial charge on any atom is 0.251 e. The molecule has 0 saturated carbocycles. The fraction of sp³-hybridized carbons (Fsp3) is 0.417. The molecule has 1 aliphatic rings. The lowest BCUT2D eigenvalue weighted by molar-refractivity contribution is -0.123. The number of aryl methyl sites for hydroxylation is 1. The molecular weight excluding hydrogens is 426 g/mol. The Morgan fingerprint density at radius 3 is 2.34 bits per heavy atom. The predicted molar refractivity (Wildman–Crippen MR) is 126 cm³/mol. The number of nitrogens with zero attached hydrogens (tertiary/aromatic N) is 2. The van der Waals surface area contributed by atoms with Gasteiger partial charge in [0.05, 0.1) is 22.9 Å². The molecule has 0 aromatic heterocycles. The van der Waals surface area contributed by atoms with Gasteiger partial charge < -0.3 is 10.2 Å². The summed E-state index contributed by atoms with van der Waals surface area (Å²) < 4.78 is 25.9. The zero-order chi connectivity index (χ0) is 23.7. The van der Waals surface area contributed by atoms with Crippen LogP contribution in [0.15, 0.2) is 48.5 Å². The summed E-state index contributed by atoms with van der Waals surface area (Å²) in [5.74, 6) is -1.07. The van der Waals surface area contributed by atoms with Crippen molar-refractivity contribution in [3.63, 3.8) is 0 Å². The fourth-order valence-corrected chi connectivity index (χ4v) is 6.00. The number of anilines is 1. The van der Waals surface area contributed by atoms with Crippen LogP contribution in [0.25, 0.3) is 0 Å². The molecule has 1 unspecified atom stereocenters. The molecule has 2 amide bonds. The van der Waals surface area contributed by atoms with Crippen molar-refractivity contribution in [3.05, 3.63) is 65.2 Å². The van der Waals surface area contributed by atoms with E-state index in [1.807, 2.05) is 19.0 Å². The van der Waals surface area contributed by atoms with Crippen LogP contribution in [0.4, 0.5) is 5.69 Å². The number of hydrogen-bond acceptors (Lipinski definition) is 5. The van der Waals surface area contributed by atoms with Crippen LogP contribution >= 0.6 is 0 Å². The highest BCUT2D eigenvalue weighted by atomic mass is 32.2. The van der Waals surface area contributed by atoms with Crippen LogP contribution in [0.3, 0.4) is 0 Å². The van der Waals surface area contributed by atoms with Crippen molar-refractivity contribution in [1.82, 2.24) is 10.2 Å². The maximum absolute atomic E-state index is 12.9. The summed E-state index contributed by atoms with van der Waals surface area (Å²) >= 11 is 0. The van der Waals surface area contributed by atoms with Gasteiger partial charge in [-0.25, -0.2) is 12.7 Å². The average molecular weight is 458 g/mol. The van der Waals surface area contributed by atoms with E-state index in [0.717, 1.165) is 16.3 Å². The first-order valence-corrected chi connectivity index (χ1v) is 12.3. The topological polar surface area (TPSA) is 86.8 Å². The van der Waals surface area contributed by atoms with Gasteiger partial charge in [-0.3, -0.25) is 9.59 Å². The summed E-state index contributed by atoms with van der Waals surface area (Å²) in [4.78, 5) is 27.6. The van der Waals surface area contributed by atoms with Crippen LogP contribution in [-0.2, 0) is 21.2 Å². The summed E-state index contributed by atoms with van der Waals surface area (Å²) in [6, 6.07) is 14.5. The Kier molecular flexibility index (Phi) is 6.76. The second-order valence-corrected chi connectivity index (χ2v) is 10.9. The van der Waals surface area contributed by atoms with Crippen molar-refractivity contribution in [2.24, 2.45) is 5.41 Å².